The van der Waals surface area contributed by atoms with Crippen LogP contribution in [0.15, 0.2) is 18.6 Å². The van der Waals surface area contributed by atoms with Crippen LogP contribution in [0.25, 0.3) is 5.65 Å². The minimum atomic E-state index is -1.04. The van der Waals surface area contributed by atoms with Gasteiger partial charge in [0.25, 0.3) is 11.8 Å². The first-order chi connectivity index (χ1) is 13.0. The van der Waals surface area contributed by atoms with Crippen molar-refractivity contribution in [3.63, 3.8) is 0 Å². The molecule has 1 N–H and O–H groups in total. The average molecular weight is 371 g/mol. The fraction of sp³-hybridized carbons (Fsp3) is 0.579. The molecular formula is C19H25N5O3. The minimum absolute atomic E-state index is 0.138. The number of amides is 2. The zero-order valence-corrected chi connectivity index (χ0v) is 15.8. The number of hydrogen-bond donors (Lipinski definition) is 1. The smallest absolute Gasteiger partial charge is 0.259 e. The summed E-state index contributed by atoms with van der Waals surface area (Å²) in [5, 5.41) is 7.32. The van der Waals surface area contributed by atoms with Gasteiger partial charge in [0, 0.05) is 25.0 Å². The Kier molecular flexibility index (Phi) is 4.59. The van der Waals surface area contributed by atoms with Gasteiger partial charge in [-0.2, -0.15) is 5.10 Å². The number of rotatable bonds is 3. The molecule has 4 rings (SSSR count). The number of morpholine rings is 1. The highest BCUT2D eigenvalue weighted by Crippen LogP contribution is 2.23. The Labute approximate surface area is 157 Å². The summed E-state index contributed by atoms with van der Waals surface area (Å²) in [6.45, 7) is 4.66. The number of carbonyl (C=O) groups excluding carboxylic acids is 2. The zero-order chi connectivity index (χ0) is 19.0. The maximum Gasteiger partial charge on any atom is 0.259 e. The third-order valence-corrected chi connectivity index (χ3v) is 5.45. The van der Waals surface area contributed by atoms with Gasteiger partial charge in [-0.25, -0.2) is 9.50 Å². The van der Waals surface area contributed by atoms with Crippen LogP contribution >= 0.6 is 0 Å². The summed E-state index contributed by atoms with van der Waals surface area (Å²) in [7, 11) is 0. The molecule has 0 spiro atoms. The lowest BCUT2D eigenvalue weighted by Crippen LogP contribution is -2.60. The Hall–Kier alpha value is -2.48. The molecule has 0 radical (unpaired) electrons. The third-order valence-electron chi connectivity index (χ3n) is 5.45. The summed E-state index contributed by atoms with van der Waals surface area (Å²) in [5.74, 6) is -0.315. The first kappa shape index (κ1) is 17.9. The van der Waals surface area contributed by atoms with E-state index in [4.69, 9.17) is 4.74 Å². The van der Waals surface area contributed by atoms with Crippen LogP contribution in [-0.4, -0.2) is 62.7 Å². The van der Waals surface area contributed by atoms with Crippen molar-refractivity contribution >= 4 is 17.5 Å². The average Bonchev–Trinajstić information content (AvgIpc) is 3.30. The van der Waals surface area contributed by atoms with E-state index in [9.17, 15) is 9.59 Å². The molecule has 27 heavy (non-hydrogen) atoms. The Morgan fingerprint density at radius 2 is 2.07 bits per heavy atom. The normalized spacial score (nSPS) is 23.7. The summed E-state index contributed by atoms with van der Waals surface area (Å²) in [4.78, 5) is 31.8. The molecule has 2 aliphatic rings. The Morgan fingerprint density at radius 1 is 1.30 bits per heavy atom. The van der Waals surface area contributed by atoms with E-state index in [-0.39, 0.29) is 24.4 Å². The summed E-state index contributed by atoms with van der Waals surface area (Å²) >= 11 is 0. The molecule has 2 fully saturated rings. The second-order valence-electron chi connectivity index (χ2n) is 7.72. The van der Waals surface area contributed by atoms with Crippen molar-refractivity contribution in [2.24, 2.45) is 0 Å². The summed E-state index contributed by atoms with van der Waals surface area (Å²) in [6.07, 6.45) is 9.40. The van der Waals surface area contributed by atoms with Crippen molar-refractivity contribution in [1.82, 2.24) is 24.8 Å². The predicted molar refractivity (Wildman–Crippen MR) is 98.4 cm³/mol. The lowest BCUT2D eigenvalue weighted by Gasteiger charge is -2.39. The van der Waals surface area contributed by atoms with Crippen molar-refractivity contribution in [2.45, 2.75) is 51.2 Å². The molecule has 1 atom stereocenters. The maximum atomic E-state index is 13.1. The van der Waals surface area contributed by atoms with Gasteiger partial charge < -0.3 is 15.0 Å². The molecule has 8 heteroatoms. The quantitative estimate of drug-likeness (QED) is 0.879. The van der Waals surface area contributed by atoms with E-state index in [1.54, 1.807) is 22.5 Å². The monoisotopic (exact) mass is 371 g/mol. The van der Waals surface area contributed by atoms with Gasteiger partial charge in [0.15, 0.2) is 11.2 Å². The van der Waals surface area contributed by atoms with Gasteiger partial charge in [0.05, 0.1) is 19.3 Å². The number of nitrogens with one attached hydrogen (secondary N) is 1. The van der Waals surface area contributed by atoms with Crippen LogP contribution in [-0.2, 0) is 9.53 Å². The van der Waals surface area contributed by atoms with Crippen molar-refractivity contribution in [3.8, 4) is 0 Å². The van der Waals surface area contributed by atoms with Gasteiger partial charge in [0.2, 0.25) is 0 Å². The molecular weight excluding hydrogens is 346 g/mol. The van der Waals surface area contributed by atoms with Crippen molar-refractivity contribution in [2.75, 3.05) is 19.7 Å². The molecule has 2 amide bonds. The lowest BCUT2D eigenvalue weighted by atomic mass is 10.0. The van der Waals surface area contributed by atoms with Crippen LogP contribution in [0.5, 0.6) is 0 Å². The van der Waals surface area contributed by atoms with Crippen LogP contribution in [0, 0.1) is 6.92 Å². The Balaban J connectivity index is 1.51. The number of ether oxygens (including phenoxy) is 1. The van der Waals surface area contributed by atoms with E-state index < -0.39 is 5.60 Å². The second-order valence-corrected chi connectivity index (χ2v) is 7.72. The third kappa shape index (κ3) is 3.41. The van der Waals surface area contributed by atoms with Crippen LogP contribution in [0.2, 0.25) is 0 Å². The first-order valence-corrected chi connectivity index (χ1v) is 9.50. The standard InChI is InChI=1S/C19H25N5O3/c1-13-9-20-16-15(10-21-24(16)11-13)17(25)23-7-8-27-19(2,12-23)18(26)22-14-5-3-4-6-14/h9-11,14H,3-8,12H2,1-2H3,(H,22,26). The first-order valence-electron chi connectivity index (χ1n) is 9.50. The van der Waals surface area contributed by atoms with Gasteiger partial charge in [-0.15, -0.1) is 0 Å². The second kappa shape index (κ2) is 6.92. The van der Waals surface area contributed by atoms with E-state index in [2.05, 4.69) is 15.4 Å². The minimum Gasteiger partial charge on any atom is -0.362 e. The SMILES string of the molecule is Cc1cnc2c(C(=O)N3CCOC(C)(C(=O)NC4CCCC4)C3)cnn2c1. The molecule has 3 heterocycles. The molecule has 1 aliphatic heterocycles. The highest BCUT2D eigenvalue weighted by atomic mass is 16.5. The maximum absolute atomic E-state index is 13.1. The van der Waals surface area contributed by atoms with Crippen LogP contribution in [0.1, 0.15) is 48.5 Å². The molecule has 0 bridgehead atoms. The van der Waals surface area contributed by atoms with Crippen molar-refractivity contribution in [3.05, 3.63) is 29.7 Å². The van der Waals surface area contributed by atoms with E-state index in [1.165, 1.54) is 6.20 Å². The van der Waals surface area contributed by atoms with Crippen LogP contribution < -0.4 is 5.32 Å². The van der Waals surface area contributed by atoms with Crippen molar-refractivity contribution in [1.29, 1.82) is 0 Å². The molecule has 2 aromatic rings. The summed E-state index contributed by atoms with van der Waals surface area (Å²) in [6, 6.07) is 0.219. The molecule has 8 nitrogen and oxygen atoms in total. The van der Waals surface area contributed by atoms with Gasteiger partial charge >= 0.3 is 0 Å². The van der Waals surface area contributed by atoms with E-state index in [1.807, 2.05) is 13.1 Å². The van der Waals surface area contributed by atoms with E-state index in [0.29, 0.717) is 24.4 Å². The Bertz CT molecular complexity index is 873. The molecule has 0 aromatic carbocycles. The molecule has 144 valence electrons. The fourth-order valence-electron chi connectivity index (χ4n) is 3.88. The molecule has 1 unspecified atom stereocenters. The van der Waals surface area contributed by atoms with Gasteiger partial charge in [-0.1, -0.05) is 12.8 Å². The number of aromatic nitrogens is 3. The van der Waals surface area contributed by atoms with Crippen LogP contribution in [0.3, 0.4) is 0 Å². The number of hydrogen-bond acceptors (Lipinski definition) is 5. The number of nitrogens with zero attached hydrogens (tertiary/aromatic N) is 4. The molecule has 2 aromatic heterocycles. The number of carbonyl (C=O) groups is 2. The predicted octanol–water partition coefficient (Wildman–Crippen LogP) is 1.33. The molecule has 1 saturated heterocycles. The Morgan fingerprint density at radius 3 is 2.85 bits per heavy atom. The lowest BCUT2D eigenvalue weighted by molar-refractivity contribution is -0.154. The van der Waals surface area contributed by atoms with E-state index >= 15 is 0 Å². The summed E-state index contributed by atoms with van der Waals surface area (Å²) in [5.41, 5.74) is 0.889. The topological polar surface area (TPSA) is 88.8 Å². The highest BCUT2D eigenvalue weighted by Gasteiger charge is 2.42. The van der Waals surface area contributed by atoms with Crippen LogP contribution in [0.4, 0.5) is 0 Å². The fourth-order valence-corrected chi connectivity index (χ4v) is 3.88. The zero-order valence-electron chi connectivity index (χ0n) is 15.8. The van der Waals surface area contributed by atoms with Gasteiger partial charge in [-0.3, -0.25) is 9.59 Å². The summed E-state index contributed by atoms with van der Waals surface area (Å²) < 4.78 is 7.40. The number of fused-ring (bicyclic) bond motifs is 1. The van der Waals surface area contributed by atoms with E-state index in [0.717, 1.165) is 31.2 Å². The highest BCUT2D eigenvalue weighted by molar-refractivity contribution is 6.00. The number of aryl methyl sites for hydroxylation is 1. The largest absolute Gasteiger partial charge is 0.362 e. The van der Waals surface area contributed by atoms with Crippen molar-refractivity contribution < 1.29 is 14.3 Å². The van der Waals surface area contributed by atoms with Gasteiger partial charge in [0.1, 0.15) is 5.56 Å². The molecule has 1 aliphatic carbocycles. The molecule has 1 saturated carbocycles. The van der Waals surface area contributed by atoms with Gasteiger partial charge in [-0.05, 0) is 32.3 Å².